The van der Waals surface area contributed by atoms with Gasteiger partial charge in [0, 0.05) is 6.54 Å². The van der Waals surface area contributed by atoms with Crippen molar-refractivity contribution in [2.75, 3.05) is 19.6 Å². The minimum Gasteiger partial charge on any atom is -0.301 e. The molecule has 1 aromatic rings. The van der Waals surface area contributed by atoms with Crippen LogP contribution in [0.2, 0.25) is 10.0 Å². The van der Waals surface area contributed by atoms with E-state index in [2.05, 4.69) is 10.00 Å². The van der Waals surface area contributed by atoms with Crippen LogP contribution in [0.3, 0.4) is 0 Å². The Morgan fingerprint density at radius 3 is 2.62 bits per heavy atom. The van der Waals surface area contributed by atoms with Crippen LogP contribution in [0.5, 0.6) is 0 Å². The summed E-state index contributed by atoms with van der Waals surface area (Å²) in [5, 5.41) is 4.23. The second kappa shape index (κ2) is 5.17. The van der Waals surface area contributed by atoms with Gasteiger partial charge in [0.15, 0.2) is 0 Å². The van der Waals surface area contributed by atoms with Gasteiger partial charge in [0.25, 0.3) is 5.56 Å². The summed E-state index contributed by atoms with van der Waals surface area (Å²) in [6, 6.07) is 0. The van der Waals surface area contributed by atoms with E-state index in [1.165, 1.54) is 23.7 Å². The summed E-state index contributed by atoms with van der Waals surface area (Å²) < 4.78 is 1.37. The first-order valence-corrected chi connectivity index (χ1v) is 6.07. The van der Waals surface area contributed by atoms with Crippen molar-refractivity contribution in [3.63, 3.8) is 0 Å². The van der Waals surface area contributed by atoms with E-state index in [0.29, 0.717) is 6.54 Å². The molecular weight excluding hydrogens is 249 g/mol. The zero-order chi connectivity index (χ0) is 11.5. The van der Waals surface area contributed by atoms with Crippen molar-refractivity contribution >= 4 is 23.2 Å². The fourth-order valence-corrected chi connectivity index (χ4v) is 2.12. The number of halogens is 2. The highest BCUT2D eigenvalue weighted by Crippen LogP contribution is 2.14. The fourth-order valence-electron chi connectivity index (χ4n) is 1.85. The lowest BCUT2D eigenvalue weighted by Gasteiger charge is -2.14. The fraction of sp³-hybridized carbons (Fsp3) is 0.600. The van der Waals surface area contributed by atoms with E-state index in [0.717, 1.165) is 19.6 Å². The summed E-state index contributed by atoms with van der Waals surface area (Å²) in [5.41, 5.74) is -0.312. The molecule has 0 saturated carbocycles. The summed E-state index contributed by atoms with van der Waals surface area (Å²) in [5.74, 6) is 0. The molecule has 4 nitrogen and oxygen atoms in total. The molecule has 0 aromatic carbocycles. The van der Waals surface area contributed by atoms with Gasteiger partial charge in [-0.15, -0.1) is 0 Å². The molecule has 1 aromatic heterocycles. The molecule has 1 saturated heterocycles. The topological polar surface area (TPSA) is 38.1 Å². The van der Waals surface area contributed by atoms with E-state index in [1.54, 1.807) is 0 Å². The number of nitrogens with zero attached hydrogens (tertiary/aromatic N) is 3. The minimum atomic E-state index is -0.312. The smallest absolute Gasteiger partial charge is 0.287 e. The van der Waals surface area contributed by atoms with Gasteiger partial charge in [0.1, 0.15) is 5.02 Å². The molecule has 1 aliphatic heterocycles. The Labute approximate surface area is 104 Å². The molecular formula is C10H13Cl2N3O. The van der Waals surface area contributed by atoms with Gasteiger partial charge in [-0.3, -0.25) is 4.79 Å². The molecule has 0 radical (unpaired) electrons. The van der Waals surface area contributed by atoms with Gasteiger partial charge in [-0.05, 0) is 25.9 Å². The van der Waals surface area contributed by atoms with E-state index in [-0.39, 0.29) is 15.6 Å². The van der Waals surface area contributed by atoms with Crippen molar-refractivity contribution in [3.05, 3.63) is 26.6 Å². The lowest BCUT2D eigenvalue weighted by Crippen LogP contribution is -2.30. The van der Waals surface area contributed by atoms with Crippen LogP contribution >= 0.6 is 23.2 Å². The van der Waals surface area contributed by atoms with Gasteiger partial charge in [0.05, 0.1) is 17.8 Å². The lowest BCUT2D eigenvalue weighted by atomic mass is 10.4. The number of rotatable bonds is 3. The van der Waals surface area contributed by atoms with Crippen LogP contribution in [-0.2, 0) is 6.54 Å². The summed E-state index contributed by atoms with van der Waals surface area (Å²) in [6.45, 7) is 3.62. The first-order valence-electron chi connectivity index (χ1n) is 5.32. The molecule has 1 fully saturated rings. The van der Waals surface area contributed by atoms with E-state index in [9.17, 15) is 4.79 Å². The maximum atomic E-state index is 11.7. The molecule has 0 spiro atoms. The Morgan fingerprint density at radius 2 is 1.94 bits per heavy atom. The quantitative estimate of drug-likeness (QED) is 0.831. The van der Waals surface area contributed by atoms with Crippen LogP contribution in [0.4, 0.5) is 0 Å². The summed E-state index contributed by atoms with van der Waals surface area (Å²) in [7, 11) is 0. The van der Waals surface area contributed by atoms with Gasteiger partial charge >= 0.3 is 0 Å². The molecule has 0 unspecified atom stereocenters. The van der Waals surface area contributed by atoms with Gasteiger partial charge in [-0.1, -0.05) is 23.2 Å². The van der Waals surface area contributed by atoms with Gasteiger partial charge in [-0.2, -0.15) is 5.10 Å². The van der Waals surface area contributed by atoms with Gasteiger partial charge in [0.2, 0.25) is 0 Å². The Morgan fingerprint density at radius 1 is 1.25 bits per heavy atom. The van der Waals surface area contributed by atoms with Crippen LogP contribution in [-0.4, -0.2) is 34.3 Å². The van der Waals surface area contributed by atoms with Gasteiger partial charge < -0.3 is 4.90 Å². The van der Waals surface area contributed by atoms with Gasteiger partial charge in [-0.25, -0.2) is 4.68 Å². The zero-order valence-electron chi connectivity index (χ0n) is 8.83. The van der Waals surface area contributed by atoms with Crippen molar-refractivity contribution in [2.24, 2.45) is 0 Å². The zero-order valence-corrected chi connectivity index (χ0v) is 10.3. The molecule has 6 heteroatoms. The maximum Gasteiger partial charge on any atom is 0.287 e. The Balaban J connectivity index is 2.04. The third kappa shape index (κ3) is 2.56. The van der Waals surface area contributed by atoms with Crippen LogP contribution in [0.25, 0.3) is 0 Å². The van der Waals surface area contributed by atoms with Crippen LogP contribution in [0.15, 0.2) is 11.0 Å². The first kappa shape index (κ1) is 11.9. The van der Waals surface area contributed by atoms with E-state index in [1.807, 2.05) is 0 Å². The number of hydrogen-bond donors (Lipinski definition) is 0. The van der Waals surface area contributed by atoms with E-state index >= 15 is 0 Å². The molecule has 2 heterocycles. The number of aromatic nitrogens is 2. The molecule has 0 atom stereocenters. The average molecular weight is 262 g/mol. The SMILES string of the molecule is O=c1c(Cl)c(Cl)cnn1CCN1CCCC1. The highest BCUT2D eigenvalue weighted by Gasteiger charge is 2.12. The molecule has 88 valence electrons. The van der Waals surface area contributed by atoms with Crippen molar-refractivity contribution < 1.29 is 0 Å². The van der Waals surface area contributed by atoms with Crippen molar-refractivity contribution in [3.8, 4) is 0 Å². The molecule has 2 rings (SSSR count). The lowest BCUT2D eigenvalue weighted by molar-refractivity contribution is 0.312. The Kier molecular flexibility index (Phi) is 3.84. The van der Waals surface area contributed by atoms with Crippen LogP contribution < -0.4 is 5.56 Å². The third-order valence-electron chi connectivity index (χ3n) is 2.77. The monoisotopic (exact) mass is 261 g/mol. The van der Waals surface area contributed by atoms with Crippen LogP contribution in [0, 0.1) is 0 Å². The maximum absolute atomic E-state index is 11.7. The Hall–Kier alpha value is -0.580. The summed E-state index contributed by atoms with van der Waals surface area (Å²) >= 11 is 11.5. The van der Waals surface area contributed by atoms with E-state index in [4.69, 9.17) is 23.2 Å². The third-order valence-corrected chi connectivity index (χ3v) is 3.52. The van der Waals surface area contributed by atoms with Crippen molar-refractivity contribution in [1.82, 2.24) is 14.7 Å². The molecule has 1 aliphatic rings. The molecule has 0 N–H and O–H groups in total. The largest absolute Gasteiger partial charge is 0.301 e. The van der Waals surface area contributed by atoms with Crippen molar-refractivity contribution in [2.45, 2.75) is 19.4 Å². The average Bonchev–Trinajstić information content (AvgIpc) is 2.78. The number of likely N-dealkylation sites (tertiary alicyclic amines) is 1. The normalized spacial score (nSPS) is 16.9. The second-order valence-electron chi connectivity index (χ2n) is 3.88. The highest BCUT2D eigenvalue weighted by atomic mass is 35.5. The van der Waals surface area contributed by atoms with Crippen molar-refractivity contribution in [1.29, 1.82) is 0 Å². The predicted molar refractivity (Wildman–Crippen MR) is 64.2 cm³/mol. The summed E-state index contributed by atoms with van der Waals surface area (Å²) in [6.07, 6.45) is 3.89. The summed E-state index contributed by atoms with van der Waals surface area (Å²) in [4.78, 5) is 14.0. The molecule has 16 heavy (non-hydrogen) atoms. The minimum absolute atomic E-state index is 0.0538. The molecule has 0 amide bonds. The van der Waals surface area contributed by atoms with Crippen LogP contribution in [0.1, 0.15) is 12.8 Å². The Bertz CT molecular complexity index is 427. The second-order valence-corrected chi connectivity index (χ2v) is 4.67. The number of hydrogen-bond acceptors (Lipinski definition) is 3. The van der Waals surface area contributed by atoms with E-state index < -0.39 is 0 Å². The molecule has 0 aliphatic carbocycles. The highest BCUT2D eigenvalue weighted by molar-refractivity contribution is 6.41. The molecule has 0 bridgehead atoms. The first-order chi connectivity index (χ1) is 7.68. The standard InChI is InChI=1S/C10H13Cl2N3O/c11-8-7-13-15(10(16)9(8)12)6-5-14-3-1-2-4-14/h7H,1-6H2. The predicted octanol–water partition coefficient (Wildman–Crippen LogP) is 1.65.